The van der Waals surface area contributed by atoms with Crippen LogP contribution in [0.25, 0.3) is 0 Å². The second kappa shape index (κ2) is 4.40. The zero-order valence-corrected chi connectivity index (χ0v) is 9.16. The van der Waals surface area contributed by atoms with Crippen molar-refractivity contribution in [3.8, 4) is 5.75 Å². The van der Waals surface area contributed by atoms with Crippen molar-refractivity contribution in [3.63, 3.8) is 0 Å². The van der Waals surface area contributed by atoms with Gasteiger partial charge in [-0.3, -0.25) is 4.79 Å². The summed E-state index contributed by atoms with van der Waals surface area (Å²) in [7, 11) is 1.88. The first-order chi connectivity index (χ1) is 7.70. The summed E-state index contributed by atoms with van der Waals surface area (Å²) in [6.07, 6.45) is 0. The van der Waals surface area contributed by atoms with Crippen LogP contribution < -0.4 is 15.5 Å². The number of benzene rings is 1. The van der Waals surface area contributed by atoms with Crippen LogP contribution in [0.1, 0.15) is 0 Å². The van der Waals surface area contributed by atoms with E-state index in [-0.39, 0.29) is 11.7 Å². The summed E-state index contributed by atoms with van der Waals surface area (Å²) >= 11 is 0. The molecule has 0 bridgehead atoms. The molecule has 0 saturated heterocycles. The Morgan fingerprint density at radius 3 is 3.12 bits per heavy atom. The van der Waals surface area contributed by atoms with Crippen LogP contribution in [0.2, 0.25) is 0 Å². The van der Waals surface area contributed by atoms with Crippen LogP contribution >= 0.6 is 0 Å². The first kappa shape index (κ1) is 10.8. The smallest absolute Gasteiger partial charge is 0.243 e. The van der Waals surface area contributed by atoms with Gasteiger partial charge in [0.1, 0.15) is 5.75 Å². The van der Waals surface area contributed by atoms with Gasteiger partial charge < -0.3 is 20.6 Å². The number of anilines is 2. The molecule has 1 aliphatic heterocycles. The summed E-state index contributed by atoms with van der Waals surface area (Å²) in [4.78, 5) is 13.4. The molecule has 0 unspecified atom stereocenters. The van der Waals surface area contributed by atoms with Crippen molar-refractivity contribution < 1.29 is 9.90 Å². The Balaban J connectivity index is 2.27. The predicted octanol–water partition coefficient (Wildman–Crippen LogP) is 0.370. The van der Waals surface area contributed by atoms with E-state index in [1.54, 1.807) is 12.1 Å². The summed E-state index contributed by atoms with van der Waals surface area (Å²) in [6.45, 7) is 1.94. The molecule has 1 aromatic carbocycles. The maximum Gasteiger partial charge on any atom is 0.243 e. The molecule has 0 saturated carbocycles. The summed E-state index contributed by atoms with van der Waals surface area (Å²) in [5.74, 6) is 0.115. The fraction of sp³-hybridized carbons (Fsp3) is 0.364. The van der Waals surface area contributed by atoms with Crippen molar-refractivity contribution in [3.05, 3.63) is 18.2 Å². The normalized spacial score (nSPS) is 14.6. The topological polar surface area (TPSA) is 64.6 Å². The SMILES string of the molecule is CNCCN1CC(=O)Nc2cc(O)ccc21. The molecular weight excluding hydrogens is 206 g/mol. The third kappa shape index (κ3) is 2.09. The first-order valence-corrected chi connectivity index (χ1v) is 5.23. The molecule has 1 aliphatic rings. The molecule has 3 N–H and O–H groups in total. The van der Waals surface area contributed by atoms with E-state index < -0.39 is 0 Å². The van der Waals surface area contributed by atoms with E-state index in [9.17, 15) is 9.90 Å². The van der Waals surface area contributed by atoms with Gasteiger partial charge in [-0.1, -0.05) is 0 Å². The number of rotatable bonds is 3. The van der Waals surface area contributed by atoms with Crippen LogP contribution in [-0.2, 0) is 4.79 Å². The minimum atomic E-state index is -0.0470. The Kier molecular flexibility index (Phi) is 2.96. The monoisotopic (exact) mass is 221 g/mol. The molecule has 1 heterocycles. The number of aromatic hydroxyl groups is 1. The molecule has 0 fully saturated rings. The van der Waals surface area contributed by atoms with Gasteiger partial charge in [-0.05, 0) is 19.2 Å². The fourth-order valence-electron chi connectivity index (χ4n) is 1.79. The molecular formula is C11H15N3O2. The molecule has 0 aliphatic carbocycles. The standard InChI is InChI=1S/C11H15N3O2/c1-12-4-5-14-7-11(16)13-9-6-8(15)2-3-10(9)14/h2-3,6,12,15H,4-5,7H2,1H3,(H,13,16). The summed E-state index contributed by atoms with van der Waals surface area (Å²) < 4.78 is 0. The largest absolute Gasteiger partial charge is 0.508 e. The number of nitrogens with zero attached hydrogens (tertiary/aromatic N) is 1. The zero-order valence-electron chi connectivity index (χ0n) is 9.16. The second-order valence-corrected chi connectivity index (χ2v) is 3.77. The fourth-order valence-corrected chi connectivity index (χ4v) is 1.79. The van der Waals surface area contributed by atoms with E-state index in [1.165, 1.54) is 0 Å². The highest BCUT2D eigenvalue weighted by Crippen LogP contribution is 2.31. The van der Waals surface area contributed by atoms with Gasteiger partial charge in [0.25, 0.3) is 0 Å². The Morgan fingerprint density at radius 2 is 2.38 bits per heavy atom. The van der Waals surface area contributed by atoms with Crippen LogP contribution in [-0.4, -0.2) is 37.7 Å². The van der Waals surface area contributed by atoms with Crippen LogP contribution in [0.5, 0.6) is 5.75 Å². The van der Waals surface area contributed by atoms with Gasteiger partial charge in [-0.15, -0.1) is 0 Å². The van der Waals surface area contributed by atoms with Crippen molar-refractivity contribution in [2.45, 2.75) is 0 Å². The van der Waals surface area contributed by atoms with Gasteiger partial charge in [0.2, 0.25) is 5.91 Å². The van der Waals surface area contributed by atoms with Crippen LogP contribution in [0.4, 0.5) is 11.4 Å². The Labute approximate surface area is 94.1 Å². The second-order valence-electron chi connectivity index (χ2n) is 3.77. The lowest BCUT2D eigenvalue weighted by Gasteiger charge is -2.30. The molecule has 0 radical (unpaired) electrons. The minimum absolute atomic E-state index is 0.0470. The molecule has 5 heteroatoms. The van der Waals surface area contributed by atoms with Crippen molar-refractivity contribution in [2.24, 2.45) is 0 Å². The minimum Gasteiger partial charge on any atom is -0.508 e. The molecule has 1 amide bonds. The molecule has 86 valence electrons. The van der Waals surface area contributed by atoms with Gasteiger partial charge in [0.05, 0.1) is 17.9 Å². The number of fused-ring (bicyclic) bond motifs is 1. The maximum absolute atomic E-state index is 11.5. The van der Waals surface area contributed by atoms with E-state index in [0.29, 0.717) is 12.2 Å². The Bertz CT molecular complexity index is 406. The molecule has 0 aromatic heterocycles. The number of amides is 1. The summed E-state index contributed by atoms with van der Waals surface area (Å²) in [5, 5.41) is 15.2. The number of carbonyl (C=O) groups excluding carboxylic acids is 1. The zero-order chi connectivity index (χ0) is 11.5. The Morgan fingerprint density at radius 1 is 1.56 bits per heavy atom. The van der Waals surface area contributed by atoms with Crippen LogP contribution in [0, 0.1) is 0 Å². The van der Waals surface area contributed by atoms with Gasteiger partial charge in [-0.2, -0.15) is 0 Å². The Hall–Kier alpha value is -1.75. The quantitative estimate of drug-likeness (QED) is 0.690. The number of carbonyl (C=O) groups is 1. The maximum atomic E-state index is 11.5. The number of nitrogens with one attached hydrogen (secondary N) is 2. The highest BCUT2D eigenvalue weighted by atomic mass is 16.3. The third-order valence-corrected chi connectivity index (χ3v) is 2.56. The van der Waals surface area contributed by atoms with Crippen LogP contribution in [0.15, 0.2) is 18.2 Å². The van der Waals surface area contributed by atoms with Gasteiger partial charge in [0.15, 0.2) is 0 Å². The summed E-state index contributed by atoms with van der Waals surface area (Å²) in [6, 6.07) is 5.02. The number of phenolic OH excluding ortho intramolecular Hbond substituents is 1. The van der Waals surface area contributed by atoms with Gasteiger partial charge in [0, 0.05) is 19.2 Å². The van der Waals surface area contributed by atoms with Crippen molar-refractivity contribution in [2.75, 3.05) is 36.9 Å². The average molecular weight is 221 g/mol. The van der Waals surface area contributed by atoms with Gasteiger partial charge in [-0.25, -0.2) is 0 Å². The molecule has 1 aromatic rings. The number of hydrogen-bond acceptors (Lipinski definition) is 4. The lowest BCUT2D eigenvalue weighted by Crippen LogP contribution is -2.41. The third-order valence-electron chi connectivity index (χ3n) is 2.56. The number of phenols is 1. The van der Waals surface area contributed by atoms with Crippen molar-refractivity contribution >= 4 is 17.3 Å². The molecule has 0 spiro atoms. The average Bonchev–Trinajstić information content (AvgIpc) is 2.25. The first-order valence-electron chi connectivity index (χ1n) is 5.23. The van der Waals surface area contributed by atoms with Crippen molar-refractivity contribution in [1.29, 1.82) is 0 Å². The van der Waals surface area contributed by atoms with Crippen molar-refractivity contribution in [1.82, 2.24) is 5.32 Å². The predicted molar refractivity (Wildman–Crippen MR) is 62.9 cm³/mol. The van der Waals surface area contributed by atoms with E-state index in [2.05, 4.69) is 10.6 Å². The van der Waals surface area contributed by atoms with E-state index >= 15 is 0 Å². The van der Waals surface area contributed by atoms with E-state index in [4.69, 9.17) is 0 Å². The van der Waals surface area contributed by atoms with E-state index in [1.807, 2.05) is 18.0 Å². The molecule has 2 rings (SSSR count). The highest BCUT2D eigenvalue weighted by Gasteiger charge is 2.21. The molecule has 0 atom stereocenters. The molecule has 16 heavy (non-hydrogen) atoms. The number of likely N-dealkylation sites (N-methyl/N-ethyl adjacent to an activating group) is 1. The van der Waals surface area contributed by atoms with E-state index in [0.717, 1.165) is 18.8 Å². The van der Waals surface area contributed by atoms with Crippen LogP contribution in [0.3, 0.4) is 0 Å². The lowest BCUT2D eigenvalue weighted by atomic mass is 10.2. The molecule has 5 nitrogen and oxygen atoms in total. The highest BCUT2D eigenvalue weighted by molar-refractivity contribution is 6.01. The summed E-state index contributed by atoms with van der Waals surface area (Å²) in [5.41, 5.74) is 1.63. The van der Waals surface area contributed by atoms with Gasteiger partial charge >= 0.3 is 0 Å². The lowest BCUT2D eigenvalue weighted by molar-refractivity contribution is -0.115. The number of hydrogen-bond donors (Lipinski definition) is 3.